The van der Waals surface area contributed by atoms with E-state index in [9.17, 15) is 0 Å². The second-order valence-electron chi connectivity index (χ2n) is 4.44. The van der Waals surface area contributed by atoms with Gasteiger partial charge in [-0.1, -0.05) is 41.9 Å². The average molecular weight is 256 g/mol. The molecule has 0 fully saturated rings. The lowest BCUT2D eigenvalue weighted by Gasteiger charge is -2.08. The average Bonchev–Trinajstić information content (AvgIpc) is 2.79. The fourth-order valence-electron chi connectivity index (χ4n) is 2.57. The number of furan rings is 1. The molecule has 1 aliphatic heterocycles. The van der Waals surface area contributed by atoms with Crippen LogP contribution in [0.2, 0.25) is 0 Å². The summed E-state index contributed by atoms with van der Waals surface area (Å²) in [5, 5.41) is 7.23. The first-order chi connectivity index (χ1) is 8.84. The van der Waals surface area contributed by atoms with Gasteiger partial charge < -0.3 is 9.73 Å². The summed E-state index contributed by atoms with van der Waals surface area (Å²) in [6, 6.07) is 12.4. The Morgan fingerprint density at radius 3 is 2.89 bits per heavy atom. The second-order valence-corrected chi connectivity index (χ2v) is 4.84. The molecular formula is C15H10ClNO. The Morgan fingerprint density at radius 2 is 1.94 bits per heavy atom. The molecule has 0 atom stereocenters. The summed E-state index contributed by atoms with van der Waals surface area (Å²) in [6.07, 6.45) is 1.83. The third kappa shape index (κ3) is 1.24. The van der Waals surface area contributed by atoms with Gasteiger partial charge >= 0.3 is 0 Å². The number of hydrogen-bond donors (Lipinski definition) is 1. The second kappa shape index (κ2) is 3.53. The Balaban J connectivity index is 2.20. The molecule has 0 amide bonds. The molecule has 0 radical (unpaired) electrons. The summed E-state index contributed by atoms with van der Waals surface area (Å²) in [5.74, 6) is 0.911. The van der Waals surface area contributed by atoms with E-state index in [0.717, 1.165) is 27.7 Å². The third-order valence-electron chi connectivity index (χ3n) is 3.38. The predicted molar refractivity (Wildman–Crippen MR) is 74.4 cm³/mol. The molecule has 18 heavy (non-hydrogen) atoms. The Bertz CT molecular complexity index is 801. The van der Waals surface area contributed by atoms with Gasteiger partial charge in [0, 0.05) is 22.5 Å². The van der Waals surface area contributed by atoms with Crippen LogP contribution < -0.4 is 5.32 Å². The number of nitrogens with one attached hydrogen (secondary N) is 1. The largest absolute Gasteiger partial charge is 0.458 e. The van der Waals surface area contributed by atoms with Crippen LogP contribution in [0.5, 0.6) is 0 Å². The lowest BCUT2D eigenvalue weighted by molar-refractivity contribution is 0.534. The van der Waals surface area contributed by atoms with Gasteiger partial charge in [0.05, 0.1) is 11.6 Å². The monoisotopic (exact) mass is 255 g/mol. The van der Waals surface area contributed by atoms with Crippen molar-refractivity contribution in [2.75, 3.05) is 0 Å². The zero-order chi connectivity index (χ0) is 12.1. The number of rotatable bonds is 0. The molecule has 0 saturated carbocycles. The van der Waals surface area contributed by atoms with Gasteiger partial charge in [-0.05, 0) is 11.5 Å². The standard InChI is InChI=1S/C15H10ClNO/c16-12-7-17-8-13-14(12)11-6-5-9-3-1-2-4-10(9)15(11)18-13/h1-7,17H,8H2. The minimum Gasteiger partial charge on any atom is -0.458 e. The van der Waals surface area contributed by atoms with Gasteiger partial charge in [0.15, 0.2) is 0 Å². The summed E-state index contributed by atoms with van der Waals surface area (Å²) < 4.78 is 5.99. The van der Waals surface area contributed by atoms with Crippen LogP contribution in [0.1, 0.15) is 11.3 Å². The Kier molecular flexibility index (Phi) is 1.97. The van der Waals surface area contributed by atoms with E-state index in [2.05, 4.69) is 29.6 Å². The van der Waals surface area contributed by atoms with Crippen LogP contribution in [0, 0.1) is 0 Å². The van der Waals surface area contributed by atoms with Gasteiger partial charge in [-0.2, -0.15) is 0 Å². The Hall–Kier alpha value is -1.93. The third-order valence-corrected chi connectivity index (χ3v) is 3.68. The van der Waals surface area contributed by atoms with Crippen molar-refractivity contribution in [1.29, 1.82) is 0 Å². The van der Waals surface area contributed by atoms with Crippen molar-refractivity contribution in [3.05, 3.63) is 53.9 Å². The molecule has 3 aromatic rings. The van der Waals surface area contributed by atoms with E-state index >= 15 is 0 Å². The molecule has 0 unspecified atom stereocenters. The summed E-state index contributed by atoms with van der Waals surface area (Å²) in [6.45, 7) is 0.689. The van der Waals surface area contributed by atoms with Crippen LogP contribution in [0.3, 0.4) is 0 Å². The zero-order valence-corrected chi connectivity index (χ0v) is 10.3. The molecule has 2 aromatic carbocycles. The quantitative estimate of drug-likeness (QED) is 0.650. The molecule has 0 spiro atoms. The maximum Gasteiger partial charge on any atom is 0.142 e. The first-order valence-corrected chi connectivity index (χ1v) is 6.25. The van der Waals surface area contributed by atoms with E-state index in [1.807, 2.05) is 18.3 Å². The zero-order valence-electron chi connectivity index (χ0n) is 9.53. The first kappa shape index (κ1) is 10.0. The van der Waals surface area contributed by atoms with Crippen molar-refractivity contribution >= 4 is 38.4 Å². The fraction of sp³-hybridized carbons (Fsp3) is 0.0667. The highest BCUT2D eigenvalue weighted by Gasteiger charge is 2.20. The van der Waals surface area contributed by atoms with E-state index in [1.54, 1.807) is 0 Å². The summed E-state index contributed by atoms with van der Waals surface area (Å²) in [4.78, 5) is 0. The van der Waals surface area contributed by atoms with Crippen LogP contribution >= 0.6 is 11.6 Å². The van der Waals surface area contributed by atoms with E-state index in [-0.39, 0.29) is 0 Å². The minimum absolute atomic E-state index is 0.689. The Labute approximate surface area is 109 Å². The molecule has 0 aliphatic carbocycles. The van der Waals surface area contributed by atoms with Crippen molar-refractivity contribution in [3.63, 3.8) is 0 Å². The van der Waals surface area contributed by atoms with Gasteiger partial charge in [-0.15, -0.1) is 0 Å². The SMILES string of the molecule is ClC1=CNCc2oc3c(ccc4ccccc43)c21. The molecule has 0 bridgehead atoms. The van der Waals surface area contributed by atoms with Crippen molar-refractivity contribution in [1.82, 2.24) is 5.32 Å². The number of halogens is 1. The normalized spacial score (nSPS) is 14.4. The van der Waals surface area contributed by atoms with E-state index in [0.29, 0.717) is 11.6 Å². The molecule has 1 aliphatic rings. The highest BCUT2D eigenvalue weighted by atomic mass is 35.5. The number of benzene rings is 2. The van der Waals surface area contributed by atoms with Crippen LogP contribution in [-0.4, -0.2) is 0 Å². The Morgan fingerprint density at radius 1 is 1.06 bits per heavy atom. The minimum atomic E-state index is 0.689. The maximum absolute atomic E-state index is 6.26. The smallest absolute Gasteiger partial charge is 0.142 e. The van der Waals surface area contributed by atoms with Gasteiger partial charge in [0.2, 0.25) is 0 Å². The maximum atomic E-state index is 6.26. The molecule has 1 N–H and O–H groups in total. The van der Waals surface area contributed by atoms with Gasteiger partial charge in [-0.25, -0.2) is 0 Å². The first-order valence-electron chi connectivity index (χ1n) is 5.87. The van der Waals surface area contributed by atoms with E-state index in [1.165, 1.54) is 5.39 Å². The highest BCUT2D eigenvalue weighted by molar-refractivity contribution is 6.50. The van der Waals surface area contributed by atoms with Crippen molar-refractivity contribution in [3.8, 4) is 0 Å². The van der Waals surface area contributed by atoms with Gasteiger partial charge in [-0.3, -0.25) is 0 Å². The number of fused-ring (bicyclic) bond motifs is 5. The molecule has 2 heterocycles. The predicted octanol–water partition coefficient (Wildman–Crippen LogP) is 4.23. The lowest BCUT2D eigenvalue weighted by atomic mass is 10.0. The summed E-state index contributed by atoms with van der Waals surface area (Å²) in [5.41, 5.74) is 1.95. The van der Waals surface area contributed by atoms with Crippen LogP contribution in [0.4, 0.5) is 0 Å². The highest BCUT2D eigenvalue weighted by Crippen LogP contribution is 2.38. The van der Waals surface area contributed by atoms with Crippen molar-refractivity contribution < 1.29 is 4.42 Å². The van der Waals surface area contributed by atoms with Gasteiger partial charge in [0.25, 0.3) is 0 Å². The van der Waals surface area contributed by atoms with E-state index in [4.69, 9.17) is 16.0 Å². The van der Waals surface area contributed by atoms with Crippen LogP contribution in [0.25, 0.3) is 26.8 Å². The fourth-order valence-corrected chi connectivity index (χ4v) is 2.85. The van der Waals surface area contributed by atoms with Crippen LogP contribution in [-0.2, 0) is 6.54 Å². The van der Waals surface area contributed by atoms with Crippen LogP contribution in [0.15, 0.2) is 47.0 Å². The molecule has 0 saturated heterocycles. The molecule has 4 rings (SSSR count). The van der Waals surface area contributed by atoms with Gasteiger partial charge in [0.1, 0.15) is 11.3 Å². The van der Waals surface area contributed by atoms with Crippen molar-refractivity contribution in [2.45, 2.75) is 6.54 Å². The van der Waals surface area contributed by atoms with Crippen molar-refractivity contribution in [2.24, 2.45) is 0 Å². The number of hydrogen-bond acceptors (Lipinski definition) is 2. The van der Waals surface area contributed by atoms with E-state index < -0.39 is 0 Å². The lowest BCUT2D eigenvalue weighted by Crippen LogP contribution is -2.10. The molecule has 88 valence electrons. The topological polar surface area (TPSA) is 25.2 Å². The molecular weight excluding hydrogens is 246 g/mol. The summed E-state index contributed by atoms with van der Waals surface area (Å²) >= 11 is 6.26. The summed E-state index contributed by atoms with van der Waals surface area (Å²) in [7, 11) is 0. The molecule has 1 aromatic heterocycles. The molecule has 3 heteroatoms. The molecule has 2 nitrogen and oxygen atoms in total.